The Kier molecular flexibility index (Phi) is 5.17. The molecule has 0 aromatic carbocycles. The number of anilines is 1. The zero-order valence-corrected chi connectivity index (χ0v) is 13.8. The van der Waals surface area contributed by atoms with E-state index in [1.807, 2.05) is 12.1 Å². The molecule has 1 aromatic rings. The Hall–Kier alpha value is -2.31. The topological polar surface area (TPSA) is 85.8 Å². The van der Waals surface area contributed by atoms with E-state index >= 15 is 0 Å². The third kappa shape index (κ3) is 3.96. The van der Waals surface area contributed by atoms with Crippen LogP contribution in [0.5, 0.6) is 0 Å². The van der Waals surface area contributed by atoms with E-state index in [1.165, 1.54) is 19.3 Å². The lowest BCUT2D eigenvalue weighted by molar-refractivity contribution is -0.141. The second-order valence-corrected chi connectivity index (χ2v) is 6.50. The first kappa shape index (κ1) is 16.5. The van der Waals surface area contributed by atoms with Crippen LogP contribution in [0.25, 0.3) is 0 Å². The second kappa shape index (κ2) is 7.51. The van der Waals surface area contributed by atoms with E-state index in [1.54, 1.807) is 11.1 Å². The van der Waals surface area contributed by atoms with Gasteiger partial charge in [-0.25, -0.2) is 9.78 Å². The fraction of sp³-hybridized carbons (Fsp3) is 0.588. The monoisotopic (exact) mass is 332 g/mol. The van der Waals surface area contributed by atoms with E-state index in [9.17, 15) is 9.59 Å². The summed E-state index contributed by atoms with van der Waals surface area (Å²) < 4.78 is 0. The highest BCUT2D eigenvalue weighted by atomic mass is 16.4. The number of amides is 2. The largest absolute Gasteiger partial charge is 0.481 e. The van der Waals surface area contributed by atoms with Crippen LogP contribution in [0.2, 0.25) is 0 Å². The number of aliphatic carboxylic acids is 1. The lowest BCUT2D eigenvalue weighted by atomic mass is 10.1. The second-order valence-electron chi connectivity index (χ2n) is 6.50. The molecule has 1 aromatic heterocycles. The number of piperidine rings is 1. The number of urea groups is 1. The molecule has 2 fully saturated rings. The molecule has 0 aliphatic carbocycles. The van der Waals surface area contributed by atoms with Crippen LogP contribution in [0.15, 0.2) is 18.3 Å². The molecule has 0 radical (unpaired) electrons. The van der Waals surface area contributed by atoms with Gasteiger partial charge in [-0.05, 0) is 43.4 Å². The first-order chi connectivity index (χ1) is 11.6. The van der Waals surface area contributed by atoms with Crippen molar-refractivity contribution < 1.29 is 14.7 Å². The number of hydrogen-bond acceptors (Lipinski definition) is 4. The molecule has 7 nitrogen and oxygen atoms in total. The van der Waals surface area contributed by atoms with Crippen molar-refractivity contribution in [3.63, 3.8) is 0 Å². The third-order valence-corrected chi connectivity index (χ3v) is 4.76. The van der Waals surface area contributed by atoms with Gasteiger partial charge in [0.2, 0.25) is 0 Å². The van der Waals surface area contributed by atoms with Gasteiger partial charge in [0.25, 0.3) is 0 Å². The van der Waals surface area contributed by atoms with Crippen molar-refractivity contribution in [3.05, 3.63) is 23.9 Å². The molecule has 2 amide bonds. The molecule has 7 heteroatoms. The van der Waals surface area contributed by atoms with Crippen molar-refractivity contribution in [1.82, 2.24) is 15.2 Å². The molecule has 0 spiro atoms. The minimum absolute atomic E-state index is 0.199. The number of carbonyl (C=O) groups is 2. The number of carbonyl (C=O) groups excluding carboxylic acids is 1. The maximum absolute atomic E-state index is 12.2. The quantitative estimate of drug-likeness (QED) is 0.876. The molecular weight excluding hydrogens is 308 g/mol. The molecular formula is C17H24N4O3. The van der Waals surface area contributed by atoms with E-state index in [0.29, 0.717) is 19.5 Å². The van der Waals surface area contributed by atoms with Gasteiger partial charge in [0.1, 0.15) is 5.82 Å². The molecule has 3 heterocycles. The van der Waals surface area contributed by atoms with Gasteiger partial charge in [-0.15, -0.1) is 0 Å². The van der Waals surface area contributed by atoms with Gasteiger partial charge in [0.05, 0.1) is 5.92 Å². The standard InChI is InChI=1S/C17H24N4O3/c22-16(23)14-5-9-21(12-14)17(24)19-11-13-4-6-18-15(10-13)20-7-2-1-3-8-20/h4,6,10,14H,1-3,5,7-9,11-12H2,(H,19,24)(H,22,23). The van der Waals surface area contributed by atoms with Crippen LogP contribution in [0.3, 0.4) is 0 Å². The van der Waals surface area contributed by atoms with Gasteiger partial charge in [-0.2, -0.15) is 0 Å². The summed E-state index contributed by atoms with van der Waals surface area (Å²) in [5.41, 5.74) is 1.01. The SMILES string of the molecule is O=C(O)C1CCN(C(=O)NCc2ccnc(N3CCCCC3)c2)C1. The first-order valence-corrected chi connectivity index (χ1v) is 8.59. The van der Waals surface area contributed by atoms with Gasteiger partial charge >= 0.3 is 12.0 Å². The number of pyridine rings is 1. The molecule has 24 heavy (non-hydrogen) atoms. The van der Waals surface area contributed by atoms with Gasteiger partial charge in [0.15, 0.2) is 0 Å². The Morgan fingerprint density at radius 1 is 1.25 bits per heavy atom. The molecule has 130 valence electrons. The minimum Gasteiger partial charge on any atom is -0.481 e. The highest BCUT2D eigenvalue weighted by Crippen LogP contribution is 2.19. The fourth-order valence-electron chi connectivity index (χ4n) is 3.30. The summed E-state index contributed by atoms with van der Waals surface area (Å²) in [5.74, 6) is -0.304. The highest BCUT2D eigenvalue weighted by molar-refractivity contribution is 5.77. The molecule has 2 aliphatic rings. The molecule has 1 unspecified atom stereocenters. The summed E-state index contributed by atoms with van der Waals surface area (Å²) in [6.45, 7) is 3.28. The van der Waals surface area contributed by atoms with Crippen LogP contribution in [0.1, 0.15) is 31.2 Å². The number of nitrogens with one attached hydrogen (secondary N) is 1. The molecule has 3 rings (SSSR count). The maximum atomic E-state index is 12.2. The number of carboxylic acids is 1. The number of likely N-dealkylation sites (tertiary alicyclic amines) is 1. The first-order valence-electron chi connectivity index (χ1n) is 8.59. The van der Waals surface area contributed by atoms with Crippen molar-refractivity contribution >= 4 is 17.8 Å². The summed E-state index contributed by atoms with van der Waals surface area (Å²) in [5, 5.41) is 11.9. The Labute approximate surface area is 141 Å². The number of carboxylic acid groups (broad SMARTS) is 1. The maximum Gasteiger partial charge on any atom is 0.317 e. The molecule has 2 saturated heterocycles. The van der Waals surface area contributed by atoms with E-state index in [0.717, 1.165) is 24.5 Å². The van der Waals surface area contributed by atoms with Crippen molar-refractivity contribution in [2.75, 3.05) is 31.1 Å². The number of rotatable bonds is 4. The van der Waals surface area contributed by atoms with Crippen LogP contribution >= 0.6 is 0 Å². The third-order valence-electron chi connectivity index (χ3n) is 4.76. The lowest BCUT2D eigenvalue weighted by Gasteiger charge is -2.28. The van der Waals surface area contributed by atoms with Crippen molar-refractivity contribution in [2.45, 2.75) is 32.2 Å². The van der Waals surface area contributed by atoms with Crippen LogP contribution in [0, 0.1) is 5.92 Å². The van der Waals surface area contributed by atoms with Crippen molar-refractivity contribution in [1.29, 1.82) is 0 Å². The van der Waals surface area contributed by atoms with Gasteiger partial charge < -0.3 is 20.2 Å². The summed E-state index contributed by atoms with van der Waals surface area (Å²) in [6.07, 6.45) is 5.98. The van der Waals surface area contributed by atoms with E-state index in [2.05, 4.69) is 15.2 Å². The van der Waals surface area contributed by atoms with Crippen LogP contribution in [0.4, 0.5) is 10.6 Å². The predicted molar refractivity (Wildman–Crippen MR) is 89.9 cm³/mol. The Balaban J connectivity index is 1.53. The minimum atomic E-state index is -0.828. The summed E-state index contributed by atoms with van der Waals surface area (Å²) >= 11 is 0. The van der Waals surface area contributed by atoms with Crippen LogP contribution in [-0.4, -0.2) is 53.2 Å². The average Bonchev–Trinajstić information content (AvgIpc) is 3.11. The summed E-state index contributed by atoms with van der Waals surface area (Å²) in [6, 6.07) is 3.73. The Morgan fingerprint density at radius 2 is 2.04 bits per heavy atom. The predicted octanol–water partition coefficient (Wildman–Crippen LogP) is 1.69. The lowest BCUT2D eigenvalue weighted by Crippen LogP contribution is -2.38. The highest BCUT2D eigenvalue weighted by Gasteiger charge is 2.30. The van der Waals surface area contributed by atoms with Gasteiger partial charge in [-0.1, -0.05) is 0 Å². The zero-order chi connectivity index (χ0) is 16.9. The molecule has 2 N–H and O–H groups in total. The van der Waals surface area contributed by atoms with Crippen LogP contribution < -0.4 is 10.2 Å². The summed E-state index contributed by atoms with van der Waals surface area (Å²) in [4.78, 5) is 31.4. The number of aromatic nitrogens is 1. The van der Waals surface area contributed by atoms with Crippen molar-refractivity contribution in [3.8, 4) is 0 Å². The zero-order valence-electron chi connectivity index (χ0n) is 13.8. The Bertz CT molecular complexity index is 601. The molecule has 0 saturated carbocycles. The normalized spacial score (nSPS) is 20.9. The fourth-order valence-corrected chi connectivity index (χ4v) is 3.30. The van der Waals surface area contributed by atoms with E-state index in [4.69, 9.17) is 5.11 Å². The van der Waals surface area contributed by atoms with Gasteiger partial charge in [-0.3, -0.25) is 4.79 Å². The smallest absolute Gasteiger partial charge is 0.317 e. The summed E-state index contributed by atoms with van der Waals surface area (Å²) in [7, 11) is 0. The van der Waals surface area contributed by atoms with Crippen molar-refractivity contribution in [2.24, 2.45) is 5.92 Å². The van der Waals surface area contributed by atoms with E-state index in [-0.39, 0.29) is 12.6 Å². The van der Waals surface area contributed by atoms with Crippen LogP contribution in [-0.2, 0) is 11.3 Å². The van der Waals surface area contributed by atoms with Gasteiger partial charge in [0, 0.05) is 38.9 Å². The molecule has 2 aliphatic heterocycles. The Morgan fingerprint density at radius 3 is 2.75 bits per heavy atom. The molecule has 0 bridgehead atoms. The molecule has 1 atom stereocenters. The van der Waals surface area contributed by atoms with E-state index < -0.39 is 11.9 Å². The number of nitrogens with zero attached hydrogens (tertiary/aromatic N) is 3. The average molecular weight is 332 g/mol. The number of hydrogen-bond donors (Lipinski definition) is 2.